The van der Waals surface area contributed by atoms with Crippen molar-refractivity contribution in [1.29, 1.82) is 0 Å². The summed E-state index contributed by atoms with van der Waals surface area (Å²) in [4.78, 5) is 23.2. The minimum Gasteiger partial charge on any atom is -0.427 e. The molecule has 1 N–H and O–H groups in total. The SMILES string of the molecule is CC(=O)Oc1ccc(/C(C)=N/NC(=O)c2cccs2)cc1. The maximum absolute atomic E-state index is 11.8. The molecule has 1 aromatic heterocycles. The summed E-state index contributed by atoms with van der Waals surface area (Å²) in [6.07, 6.45) is 0. The number of carbonyl (C=O) groups excluding carboxylic acids is 2. The first kappa shape index (κ1) is 14.9. The predicted molar refractivity (Wildman–Crippen MR) is 81.7 cm³/mol. The Balaban J connectivity index is 2.02. The standard InChI is InChI=1S/C15H14N2O3S/c1-10(16-17-15(19)14-4-3-9-21-14)12-5-7-13(8-6-12)20-11(2)18/h3-9H,1-2H3,(H,17,19)/b16-10+. The molecule has 0 saturated heterocycles. The van der Waals surface area contributed by atoms with Gasteiger partial charge in [0, 0.05) is 6.92 Å². The van der Waals surface area contributed by atoms with Crippen LogP contribution in [0.15, 0.2) is 46.9 Å². The van der Waals surface area contributed by atoms with E-state index in [9.17, 15) is 9.59 Å². The van der Waals surface area contributed by atoms with Gasteiger partial charge in [-0.25, -0.2) is 5.43 Å². The molecule has 0 unspecified atom stereocenters. The number of hydrazone groups is 1. The van der Waals surface area contributed by atoms with Gasteiger partial charge in [0.1, 0.15) is 5.75 Å². The van der Waals surface area contributed by atoms with E-state index in [-0.39, 0.29) is 11.9 Å². The minimum absolute atomic E-state index is 0.235. The molecule has 0 saturated carbocycles. The highest BCUT2D eigenvalue weighted by molar-refractivity contribution is 7.12. The summed E-state index contributed by atoms with van der Waals surface area (Å²) in [6.45, 7) is 3.14. The summed E-state index contributed by atoms with van der Waals surface area (Å²) in [5.41, 5.74) is 4.00. The van der Waals surface area contributed by atoms with Gasteiger partial charge in [-0.05, 0) is 48.2 Å². The molecule has 0 spiro atoms. The Morgan fingerprint density at radius 2 is 1.86 bits per heavy atom. The number of nitrogens with zero attached hydrogens (tertiary/aromatic N) is 1. The van der Waals surface area contributed by atoms with Crippen LogP contribution < -0.4 is 10.2 Å². The molecular weight excluding hydrogens is 288 g/mol. The number of nitrogens with one attached hydrogen (secondary N) is 1. The first-order chi connectivity index (χ1) is 10.1. The highest BCUT2D eigenvalue weighted by atomic mass is 32.1. The molecule has 108 valence electrons. The third-order valence-electron chi connectivity index (χ3n) is 2.60. The molecule has 0 aliphatic carbocycles. The second-order valence-corrected chi connectivity index (χ2v) is 5.18. The Morgan fingerprint density at radius 3 is 2.43 bits per heavy atom. The van der Waals surface area contributed by atoms with Crippen molar-refractivity contribution in [3.63, 3.8) is 0 Å². The molecule has 1 amide bonds. The summed E-state index contributed by atoms with van der Waals surface area (Å²) in [7, 11) is 0. The van der Waals surface area contributed by atoms with Crippen molar-refractivity contribution in [3.8, 4) is 5.75 Å². The van der Waals surface area contributed by atoms with Crippen LogP contribution in [-0.4, -0.2) is 17.6 Å². The van der Waals surface area contributed by atoms with E-state index in [1.807, 2.05) is 11.4 Å². The molecule has 0 atom stereocenters. The summed E-state index contributed by atoms with van der Waals surface area (Å²) in [6, 6.07) is 10.4. The molecule has 0 radical (unpaired) electrons. The van der Waals surface area contributed by atoms with Gasteiger partial charge in [-0.15, -0.1) is 11.3 Å². The second kappa shape index (κ2) is 6.81. The largest absolute Gasteiger partial charge is 0.427 e. The lowest BCUT2D eigenvalue weighted by Gasteiger charge is -2.04. The number of esters is 1. The number of benzene rings is 1. The van der Waals surface area contributed by atoms with Crippen LogP contribution in [0.4, 0.5) is 0 Å². The second-order valence-electron chi connectivity index (χ2n) is 4.23. The average molecular weight is 302 g/mol. The van der Waals surface area contributed by atoms with Gasteiger partial charge in [0.25, 0.3) is 5.91 Å². The zero-order chi connectivity index (χ0) is 15.2. The smallest absolute Gasteiger partial charge is 0.308 e. The molecule has 0 fully saturated rings. The van der Waals surface area contributed by atoms with Gasteiger partial charge in [0.05, 0.1) is 10.6 Å². The van der Waals surface area contributed by atoms with Crippen LogP contribution in [0.3, 0.4) is 0 Å². The van der Waals surface area contributed by atoms with Crippen molar-refractivity contribution in [2.75, 3.05) is 0 Å². The summed E-state index contributed by atoms with van der Waals surface area (Å²) in [5, 5.41) is 5.89. The monoisotopic (exact) mass is 302 g/mol. The van der Waals surface area contributed by atoms with Gasteiger partial charge in [0.2, 0.25) is 0 Å². The van der Waals surface area contributed by atoms with Gasteiger partial charge in [-0.1, -0.05) is 6.07 Å². The molecule has 5 nitrogen and oxygen atoms in total. The Kier molecular flexibility index (Phi) is 4.84. The van der Waals surface area contributed by atoms with Crippen LogP contribution in [-0.2, 0) is 4.79 Å². The van der Waals surface area contributed by atoms with Gasteiger partial charge in [-0.3, -0.25) is 9.59 Å². The fourth-order valence-corrected chi connectivity index (χ4v) is 2.21. The van der Waals surface area contributed by atoms with Crippen molar-refractivity contribution < 1.29 is 14.3 Å². The third kappa shape index (κ3) is 4.25. The lowest BCUT2D eigenvalue weighted by atomic mass is 10.1. The van der Waals surface area contributed by atoms with Crippen molar-refractivity contribution >= 4 is 28.9 Å². The fourth-order valence-electron chi connectivity index (χ4n) is 1.59. The van der Waals surface area contributed by atoms with Crippen LogP contribution in [0.2, 0.25) is 0 Å². The molecule has 2 aromatic rings. The van der Waals surface area contributed by atoms with Crippen LogP contribution in [0, 0.1) is 0 Å². The Morgan fingerprint density at radius 1 is 1.14 bits per heavy atom. The highest BCUT2D eigenvalue weighted by Gasteiger charge is 2.05. The predicted octanol–water partition coefficient (Wildman–Crippen LogP) is 2.83. The van der Waals surface area contributed by atoms with E-state index in [0.29, 0.717) is 16.3 Å². The van der Waals surface area contributed by atoms with Gasteiger partial charge < -0.3 is 4.74 Å². The van der Waals surface area contributed by atoms with Gasteiger partial charge in [0.15, 0.2) is 0 Å². The third-order valence-corrected chi connectivity index (χ3v) is 3.47. The van der Waals surface area contributed by atoms with Crippen LogP contribution in [0.5, 0.6) is 5.75 Å². The average Bonchev–Trinajstić information content (AvgIpc) is 2.99. The maximum atomic E-state index is 11.8. The highest BCUT2D eigenvalue weighted by Crippen LogP contribution is 2.13. The normalized spacial score (nSPS) is 11.0. The molecule has 1 heterocycles. The molecule has 0 aliphatic rings. The molecule has 1 aromatic carbocycles. The quantitative estimate of drug-likeness (QED) is 0.409. The number of hydrogen-bond donors (Lipinski definition) is 1. The van der Waals surface area contributed by atoms with Crippen molar-refractivity contribution in [2.45, 2.75) is 13.8 Å². The van der Waals surface area contributed by atoms with E-state index in [1.165, 1.54) is 18.3 Å². The molecule has 2 rings (SSSR count). The molecular formula is C15H14N2O3S. The molecule has 6 heteroatoms. The van der Waals surface area contributed by atoms with E-state index < -0.39 is 0 Å². The van der Waals surface area contributed by atoms with Gasteiger partial charge in [-0.2, -0.15) is 5.10 Å². The molecule has 0 aliphatic heterocycles. The summed E-state index contributed by atoms with van der Waals surface area (Å²) in [5.74, 6) is -0.126. The lowest BCUT2D eigenvalue weighted by molar-refractivity contribution is -0.131. The van der Waals surface area contributed by atoms with E-state index in [1.54, 1.807) is 37.3 Å². The molecule has 21 heavy (non-hydrogen) atoms. The van der Waals surface area contributed by atoms with Crippen molar-refractivity contribution in [1.82, 2.24) is 5.43 Å². The van der Waals surface area contributed by atoms with E-state index in [2.05, 4.69) is 10.5 Å². The fraction of sp³-hybridized carbons (Fsp3) is 0.133. The lowest BCUT2D eigenvalue weighted by Crippen LogP contribution is -2.18. The first-order valence-electron chi connectivity index (χ1n) is 6.23. The van der Waals surface area contributed by atoms with Crippen LogP contribution in [0.25, 0.3) is 0 Å². The van der Waals surface area contributed by atoms with Gasteiger partial charge >= 0.3 is 5.97 Å². The summed E-state index contributed by atoms with van der Waals surface area (Å²) < 4.78 is 4.95. The number of hydrogen-bond acceptors (Lipinski definition) is 5. The van der Waals surface area contributed by atoms with Crippen molar-refractivity contribution in [2.24, 2.45) is 5.10 Å². The number of carbonyl (C=O) groups is 2. The van der Waals surface area contributed by atoms with E-state index in [0.717, 1.165) is 5.56 Å². The topological polar surface area (TPSA) is 67.8 Å². The Hall–Kier alpha value is -2.47. The number of thiophene rings is 1. The maximum Gasteiger partial charge on any atom is 0.308 e. The van der Waals surface area contributed by atoms with E-state index in [4.69, 9.17) is 4.74 Å². The van der Waals surface area contributed by atoms with Crippen LogP contribution in [0.1, 0.15) is 29.1 Å². The zero-order valence-corrected chi connectivity index (χ0v) is 12.4. The number of amides is 1. The molecule has 0 bridgehead atoms. The van der Waals surface area contributed by atoms with Crippen LogP contribution >= 0.6 is 11.3 Å². The van der Waals surface area contributed by atoms with E-state index >= 15 is 0 Å². The first-order valence-corrected chi connectivity index (χ1v) is 7.11. The Bertz CT molecular complexity index is 661. The number of rotatable bonds is 4. The summed E-state index contributed by atoms with van der Waals surface area (Å²) >= 11 is 1.36. The Labute approximate surface area is 126 Å². The van der Waals surface area contributed by atoms with Crippen molar-refractivity contribution in [3.05, 3.63) is 52.2 Å². The zero-order valence-electron chi connectivity index (χ0n) is 11.6. The minimum atomic E-state index is -0.364. The number of ether oxygens (including phenoxy) is 1.